The monoisotopic (exact) mass is 208 g/mol. The van der Waals surface area contributed by atoms with Gasteiger partial charge in [-0.2, -0.15) is 0 Å². The zero-order valence-corrected chi connectivity index (χ0v) is 9.88. The van der Waals surface area contributed by atoms with Gasteiger partial charge in [-0.25, -0.2) is 4.79 Å². The second kappa shape index (κ2) is 3.10. The van der Waals surface area contributed by atoms with Crippen LogP contribution in [0.2, 0.25) is 0 Å². The van der Waals surface area contributed by atoms with Crippen LogP contribution in [-0.2, 0) is 9.53 Å². The van der Waals surface area contributed by atoms with Crippen LogP contribution in [0.5, 0.6) is 0 Å². The molecule has 0 aromatic rings. The van der Waals surface area contributed by atoms with Crippen LogP contribution in [0, 0.1) is 16.7 Å². The molecule has 2 rings (SSSR count). The normalized spacial score (nSPS) is 42.5. The van der Waals surface area contributed by atoms with Crippen LogP contribution in [0.3, 0.4) is 0 Å². The van der Waals surface area contributed by atoms with Crippen molar-refractivity contribution in [3.05, 3.63) is 12.7 Å². The zero-order chi connectivity index (χ0) is 11.3. The molecule has 2 fully saturated rings. The fourth-order valence-corrected chi connectivity index (χ4v) is 3.63. The maximum absolute atomic E-state index is 11.2. The van der Waals surface area contributed by atoms with Crippen molar-refractivity contribution < 1.29 is 9.53 Å². The van der Waals surface area contributed by atoms with Gasteiger partial charge in [0, 0.05) is 11.5 Å². The van der Waals surface area contributed by atoms with Crippen molar-refractivity contribution in [1.82, 2.24) is 0 Å². The van der Waals surface area contributed by atoms with Gasteiger partial charge in [0.25, 0.3) is 0 Å². The van der Waals surface area contributed by atoms with E-state index in [2.05, 4.69) is 27.4 Å². The molecule has 84 valence electrons. The number of rotatable bonds is 3. The highest BCUT2D eigenvalue weighted by Crippen LogP contribution is 2.73. The van der Waals surface area contributed by atoms with Crippen LogP contribution in [-0.4, -0.2) is 12.1 Å². The van der Waals surface area contributed by atoms with Gasteiger partial charge in [-0.15, -0.1) is 0 Å². The molecule has 0 aromatic heterocycles. The van der Waals surface area contributed by atoms with Crippen LogP contribution in [0.25, 0.3) is 0 Å². The summed E-state index contributed by atoms with van der Waals surface area (Å²) in [5.74, 6) is 0.417. The quantitative estimate of drug-likeness (QED) is 0.526. The molecule has 2 heteroatoms. The third-order valence-corrected chi connectivity index (χ3v) is 5.02. The number of carbonyl (C=O) groups is 1. The third-order valence-electron chi connectivity index (χ3n) is 5.02. The van der Waals surface area contributed by atoms with E-state index in [0.29, 0.717) is 11.3 Å². The van der Waals surface area contributed by atoms with Crippen LogP contribution >= 0.6 is 0 Å². The lowest BCUT2D eigenvalue weighted by atomic mass is 9.34. The van der Waals surface area contributed by atoms with Crippen molar-refractivity contribution in [2.24, 2.45) is 16.7 Å². The van der Waals surface area contributed by atoms with Crippen molar-refractivity contribution >= 4 is 5.97 Å². The molecule has 0 aliphatic heterocycles. The van der Waals surface area contributed by atoms with Gasteiger partial charge >= 0.3 is 5.97 Å². The molecule has 0 radical (unpaired) electrons. The lowest BCUT2D eigenvalue weighted by molar-refractivity contribution is -0.278. The Morgan fingerprint density at radius 2 is 2.20 bits per heavy atom. The van der Waals surface area contributed by atoms with E-state index >= 15 is 0 Å². The number of hydrogen-bond acceptors (Lipinski definition) is 2. The van der Waals surface area contributed by atoms with Crippen molar-refractivity contribution in [2.45, 2.75) is 46.1 Å². The first-order valence-electron chi connectivity index (χ1n) is 5.79. The second-order valence-electron chi connectivity index (χ2n) is 5.56. The Morgan fingerprint density at radius 1 is 1.53 bits per heavy atom. The molecule has 15 heavy (non-hydrogen) atoms. The Labute approximate surface area is 91.7 Å². The van der Waals surface area contributed by atoms with Crippen molar-refractivity contribution in [1.29, 1.82) is 0 Å². The van der Waals surface area contributed by atoms with E-state index in [0.717, 1.165) is 6.42 Å². The Bertz CT molecular complexity index is 308. The first-order chi connectivity index (χ1) is 6.96. The zero-order valence-electron chi connectivity index (χ0n) is 9.88. The SMILES string of the molecule is C=CC(=O)OC1C[C@]2(C(C)C)CC[C@@]12C. The molecule has 0 amide bonds. The van der Waals surface area contributed by atoms with Crippen LogP contribution in [0.4, 0.5) is 0 Å². The highest BCUT2D eigenvalue weighted by atomic mass is 16.5. The second-order valence-corrected chi connectivity index (χ2v) is 5.56. The Kier molecular flexibility index (Phi) is 2.21. The molecule has 2 aliphatic rings. The van der Waals surface area contributed by atoms with Gasteiger partial charge in [-0.05, 0) is 30.6 Å². The number of esters is 1. The number of hydrogen-bond donors (Lipinski definition) is 0. The molecular weight excluding hydrogens is 188 g/mol. The summed E-state index contributed by atoms with van der Waals surface area (Å²) >= 11 is 0. The summed E-state index contributed by atoms with van der Waals surface area (Å²) in [6.07, 6.45) is 4.92. The molecule has 0 heterocycles. The summed E-state index contributed by atoms with van der Waals surface area (Å²) < 4.78 is 5.39. The fourth-order valence-electron chi connectivity index (χ4n) is 3.63. The molecule has 0 saturated heterocycles. The van der Waals surface area contributed by atoms with E-state index in [-0.39, 0.29) is 17.5 Å². The first-order valence-corrected chi connectivity index (χ1v) is 5.79. The maximum atomic E-state index is 11.2. The predicted octanol–water partition coefficient (Wildman–Crippen LogP) is 2.93. The third kappa shape index (κ3) is 1.14. The van der Waals surface area contributed by atoms with Gasteiger partial charge in [0.1, 0.15) is 6.10 Å². The predicted molar refractivity (Wildman–Crippen MR) is 59.3 cm³/mol. The van der Waals surface area contributed by atoms with E-state index in [1.807, 2.05) is 0 Å². The number of carbonyl (C=O) groups excluding carboxylic acids is 1. The van der Waals surface area contributed by atoms with E-state index in [9.17, 15) is 4.79 Å². The molecule has 0 spiro atoms. The molecule has 3 atom stereocenters. The number of ether oxygens (including phenoxy) is 1. The minimum absolute atomic E-state index is 0.124. The standard InChI is InChI=1S/C13H20O2/c1-5-11(14)15-10-8-13(9(2)3)7-6-12(10,13)4/h5,9-10H,1,6-8H2,2-4H3/t10?,12-,13-/m0/s1. The van der Waals surface area contributed by atoms with Crippen molar-refractivity contribution in [3.8, 4) is 0 Å². The molecule has 2 saturated carbocycles. The van der Waals surface area contributed by atoms with Crippen molar-refractivity contribution in [3.63, 3.8) is 0 Å². The molecule has 0 N–H and O–H groups in total. The lowest BCUT2D eigenvalue weighted by Crippen LogP contribution is -2.69. The lowest BCUT2D eigenvalue weighted by Gasteiger charge is -2.72. The van der Waals surface area contributed by atoms with Crippen LogP contribution < -0.4 is 0 Å². The molecule has 2 aliphatic carbocycles. The molecule has 1 unspecified atom stereocenters. The minimum Gasteiger partial charge on any atom is -0.459 e. The van der Waals surface area contributed by atoms with Crippen LogP contribution in [0.1, 0.15) is 40.0 Å². The van der Waals surface area contributed by atoms with E-state index in [1.165, 1.54) is 18.9 Å². The topological polar surface area (TPSA) is 26.3 Å². The Hall–Kier alpha value is -0.790. The summed E-state index contributed by atoms with van der Waals surface area (Å²) in [6, 6.07) is 0. The summed E-state index contributed by atoms with van der Waals surface area (Å²) in [5, 5.41) is 0. The van der Waals surface area contributed by atoms with Gasteiger partial charge in [-0.1, -0.05) is 27.4 Å². The fraction of sp³-hybridized carbons (Fsp3) is 0.769. The van der Waals surface area contributed by atoms with Crippen molar-refractivity contribution in [2.75, 3.05) is 0 Å². The Balaban J connectivity index is 2.05. The summed E-state index contributed by atoms with van der Waals surface area (Å²) in [6.45, 7) is 10.3. The van der Waals surface area contributed by atoms with E-state index < -0.39 is 0 Å². The van der Waals surface area contributed by atoms with Crippen LogP contribution in [0.15, 0.2) is 12.7 Å². The van der Waals surface area contributed by atoms with Gasteiger partial charge < -0.3 is 4.74 Å². The molecule has 0 bridgehead atoms. The van der Waals surface area contributed by atoms with Gasteiger partial charge in [0.15, 0.2) is 0 Å². The minimum atomic E-state index is -0.273. The summed E-state index contributed by atoms with van der Waals surface area (Å²) in [4.78, 5) is 11.2. The average molecular weight is 208 g/mol. The molecule has 0 aromatic carbocycles. The van der Waals surface area contributed by atoms with Gasteiger partial charge in [0.05, 0.1) is 0 Å². The molecular formula is C13H20O2. The Morgan fingerprint density at radius 3 is 2.53 bits per heavy atom. The van der Waals surface area contributed by atoms with Gasteiger partial charge in [0.2, 0.25) is 0 Å². The smallest absolute Gasteiger partial charge is 0.330 e. The highest BCUT2D eigenvalue weighted by Gasteiger charge is 2.70. The van der Waals surface area contributed by atoms with E-state index in [1.54, 1.807) is 0 Å². The largest absolute Gasteiger partial charge is 0.459 e. The summed E-state index contributed by atoms with van der Waals surface area (Å²) in [7, 11) is 0. The van der Waals surface area contributed by atoms with E-state index in [4.69, 9.17) is 4.74 Å². The highest BCUT2D eigenvalue weighted by molar-refractivity contribution is 5.81. The molecule has 2 nitrogen and oxygen atoms in total. The maximum Gasteiger partial charge on any atom is 0.330 e. The van der Waals surface area contributed by atoms with Gasteiger partial charge in [-0.3, -0.25) is 0 Å². The average Bonchev–Trinajstić information content (AvgIpc) is 2.20. The summed E-state index contributed by atoms with van der Waals surface area (Å²) in [5.41, 5.74) is 0.680. The number of fused-ring (bicyclic) bond motifs is 1. The first kappa shape index (κ1) is 10.7.